The lowest BCUT2D eigenvalue weighted by atomic mass is 9.98. The number of rotatable bonds is 3. The highest BCUT2D eigenvalue weighted by Crippen LogP contribution is 2.28. The summed E-state index contributed by atoms with van der Waals surface area (Å²) >= 11 is 9.32. The van der Waals surface area contributed by atoms with E-state index in [9.17, 15) is 4.79 Å². The number of amides is 2. The summed E-state index contributed by atoms with van der Waals surface area (Å²) in [6.07, 6.45) is 1.79. The minimum Gasteiger partial charge on any atom is -0.339 e. The molecule has 1 atom stereocenters. The van der Waals surface area contributed by atoms with Crippen molar-refractivity contribution < 1.29 is 9.32 Å². The van der Waals surface area contributed by atoms with E-state index in [1.54, 1.807) is 17.0 Å². The number of likely N-dealkylation sites (tertiary alicyclic amines) is 1. The summed E-state index contributed by atoms with van der Waals surface area (Å²) in [4.78, 5) is 18.9. The van der Waals surface area contributed by atoms with Crippen molar-refractivity contribution in [2.24, 2.45) is 0 Å². The van der Waals surface area contributed by atoms with E-state index in [-0.39, 0.29) is 11.9 Å². The highest BCUT2D eigenvalue weighted by atomic mass is 79.9. The van der Waals surface area contributed by atoms with Gasteiger partial charge in [0.2, 0.25) is 11.7 Å². The molecule has 0 spiro atoms. The molecule has 144 valence electrons. The molecule has 1 aliphatic heterocycles. The number of anilines is 1. The topological polar surface area (TPSA) is 71.3 Å². The first kappa shape index (κ1) is 19.0. The molecule has 1 aromatic heterocycles. The maximum Gasteiger partial charge on any atom is 0.321 e. The number of urea groups is 1. The van der Waals surface area contributed by atoms with Crippen LogP contribution in [0.25, 0.3) is 11.4 Å². The van der Waals surface area contributed by atoms with Gasteiger partial charge in [-0.15, -0.1) is 0 Å². The third-order valence-electron chi connectivity index (χ3n) is 4.70. The molecule has 2 heterocycles. The van der Waals surface area contributed by atoms with Gasteiger partial charge in [-0.3, -0.25) is 0 Å². The molecule has 1 unspecified atom stereocenters. The van der Waals surface area contributed by atoms with Gasteiger partial charge in [-0.05, 0) is 61.4 Å². The van der Waals surface area contributed by atoms with Crippen molar-refractivity contribution in [3.8, 4) is 11.4 Å². The highest BCUT2D eigenvalue weighted by Gasteiger charge is 2.28. The van der Waals surface area contributed by atoms with Gasteiger partial charge in [0.05, 0.1) is 5.92 Å². The maximum atomic E-state index is 12.6. The first-order valence-corrected chi connectivity index (χ1v) is 10.2. The predicted molar refractivity (Wildman–Crippen MR) is 111 cm³/mol. The Kier molecular flexibility index (Phi) is 5.64. The van der Waals surface area contributed by atoms with Crippen molar-refractivity contribution >= 4 is 39.2 Å². The van der Waals surface area contributed by atoms with Crippen molar-refractivity contribution in [1.29, 1.82) is 0 Å². The van der Waals surface area contributed by atoms with Crippen LogP contribution in [0.2, 0.25) is 5.02 Å². The Bertz CT molecular complexity index is 959. The zero-order valence-electron chi connectivity index (χ0n) is 14.9. The summed E-state index contributed by atoms with van der Waals surface area (Å²) in [5.41, 5.74) is 1.61. The number of carbonyl (C=O) groups is 1. The number of nitrogens with one attached hydrogen (secondary N) is 1. The standard InChI is InChI=1S/C20H18BrClN4O2/c21-15-5-9-17(10-6-15)23-20(27)26-11-1-2-14(12-26)19-24-18(25-28-19)13-3-7-16(22)8-4-13/h3-10,14H,1-2,11-12H2,(H,23,27). The minimum atomic E-state index is -0.121. The summed E-state index contributed by atoms with van der Waals surface area (Å²) in [6.45, 7) is 1.25. The van der Waals surface area contributed by atoms with E-state index in [1.807, 2.05) is 36.4 Å². The zero-order valence-corrected chi connectivity index (χ0v) is 17.3. The van der Waals surface area contributed by atoms with Gasteiger partial charge < -0.3 is 14.7 Å². The molecule has 0 saturated carbocycles. The van der Waals surface area contributed by atoms with E-state index in [2.05, 4.69) is 31.4 Å². The van der Waals surface area contributed by atoms with Crippen LogP contribution in [0, 0.1) is 0 Å². The lowest BCUT2D eigenvalue weighted by Crippen LogP contribution is -2.41. The summed E-state index contributed by atoms with van der Waals surface area (Å²) < 4.78 is 6.46. The van der Waals surface area contributed by atoms with Gasteiger partial charge in [0.1, 0.15) is 0 Å². The molecule has 0 aliphatic carbocycles. The fraction of sp³-hybridized carbons (Fsp3) is 0.250. The third kappa shape index (κ3) is 4.36. The van der Waals surface area contributed by atoms with E-state index in [1.165, 1.54) is 0 Å². The molecular formula is C20H18BrClN4O2. The molecule has 0 bridgehead atoms. The van der Waals surface area contributed by atoms with Crippen LogP contribution < -0.4 is 5.32 Å². The largest absolute Gasteiger partial charge is 0.339 e. The van der Waals surface area contributed by atoms with Crippen molar-refractivity contribution in [3.63, 3.8) is 0 Å². The lowest BCUT2D eigenvalue weighted by Gasteiger charge is -2.31. The molecule has 8 heteroatoms. The fourth-order valence-electron chi connectivity index (χ4n) is 3.22. The summed E-state index contributed by atoms with van der Waals surface area (Å²) in [5.74, 6) is 1.12. The van der Waals surface area contributed by atoms with Crippen molar-refractivity contribution in [3.05, 3.63) is 63.9 Å². The second kappa shape index (κ2) is 8.32. The molecule has 3 aromatic rings. The molecule has 1 saturated heterocycles. The molecule has 6 nitrogen and oxygen atoms in total. The Morgan fingerprint density at radius 2 is 1.93 bits per heavy atom. The Labute approximate surface area is 176 Å². The Morgan fingerprint density at radius 1 is 1.18 bits per heavy atom. The van der Waals surface area contributed by atoms with Crippen LogP contribution in [-0.4, -0.2) is 34.2 Å². The van der Waals surface area contributed by atoms with Gasteiger partial charge in [-0.2, -0.15) is 4.98 Å². The first-order valence-electron chi connectivity index (χ1n) is 8.99. The van der Waals surface area contributed by atoms with Crippen LogP contribution in [-0.2, 0) is 0 Å². The van der Waals surface area contributed by atoms with E-state index in [0.29, 0.717) is 29.8 Å². The number of halogens is 2. The molecule has 1 fully saturated rings. The first-order chi connectivity index (χ1) is 13.6. The number of benzene rings is 2. The number of aromatic nitrogens is 2. The minimum absolute atomic E-state index is 0.0259. The average molecular weight is 462 g/mol. The second-order valence-corrected chi connectivity index (χ2v) is 8.04. The van der Waals surface area contributed by atoms with E-state index >= 15 is 0 Å². The van der Waals surface area contributed by atoms with Gasteiger partial charge in [0, 0.05) is 33.8 Å². The average Bonchev–Trinajstić information content (AvgIpc) is 3.21. The number of hydrogen-bond donors (Lipinski definition) is 1. The van der Waals surface area contributed by atoms with Gasteiger partial charge in [0.25, 0.3) is 0 Å². The molecule has 2 amide bonds. The van der Waals surface area contributed by atoms with E-state index in [0.717, 1.165) is 28.6 Å². The number of hydrogen-bond acceptors (Lipinski definition) is 4. The van der Waals surface area contributed by atoms with Gasteiger partial charge in [-0.1, -0.05) is 32.7 Å². The van der Waals surface area contributed by atoms with Crippen molar-refractivity contribution in [2.75, 3.05) is 18.4 Å². The van der Waals surface area contributed by atoms with Crippen LogP contribution in [0.4, 0.5) is 10.5 Å². The Morgan fingerprint density at radius 3 is 2.68 bits per heavy atom. The Balaban J connectivity index is 1.43. The number of carbonyl (C=O) groups excluding carboxylic acids is 1. The SMILES string of the molecule is O=C(Nc1ccc(Br)cc1)N1CCCC(c2nc(-c3ccc(Cl)cc3)no2)C1. The van der Waals surface area contributed by atoms with Crippen molar-refractivity contribution in [2.45, 2.75) is 18.8 Å². The van der Waals surface area contributed by atoms with Crippen LogP contribution >= 0.6 is 27.5 Å². The molecule has 1 aliphatic rings. The van der Waals surface area contributed by atoms with E-state index in [4.69, 9.17) is 16.1 Å². The highest BCUT2D eigenvalue weighted by molar-refractivity contribution is 9.10. The van der Waals surface area contributed by atoms with Gasteiger partial charge in [-0.25, -0.2) is 4.79 Å². The Hall–Kier alpha value is -2.38. The van der Waals surface area contributed by atoms with Crippen LogP contribution in [0.3, 0.4) is 0 Å². The van der Waals surface area contributed by atoms with Crippen LogP contribution in [0.15, 0.2) is 57.5 Å². The normalized spacial score (nSPS) is 16.8. The summed E-state index contributed by atoms with van der Waals surface area (Å²) in [6, 6.07) is 14.7. The van der Waals surface area contributed by atoms with Gasteiger partial charge >= 0.3 is 6.03 Å². The predicted octanol–water partition coefficient (Wildman–Crippen LogP) is 5.56. The smallest absolute Gasteiger partial charge is 0.321 e. The lowest BCUT2D eigenvalue weighted by molar-refractivity contribution is 0.184. The van der Waals surface area contributed by atoms with Crippen LogP contribution in [0.5, 0.6) is 0 Å². The van der Waals surface area contributed by atoms with Gasteiger partial charge in [0.15, 0.2) is 0 Å². The molecular weight excluding hydrogens is 444 g/mol. The monoisotopic (exact) mass is 460 g/mol. The maximum absolute atomic E-state index is 12.6. The van der Waals surface area contributed by atoms with Crippen LogP contribution in [0.1, 0.15) is 24.7 Å². The summed E-state index contributed by atoms with van der Waals surface area (Å²) in [5, 5.41) is 7.68. The molecule has 2 aromatic carbocycles. The number of piperidine rings is 1. The summed E-state index contributed by atoms with van der Waals surface area (Å²) in [7, 11) is 0. The number of nitrogens with zero attached hydrogens (tertiary/aromatic N) is 3. The van der Waals surface area contributed by atoms with E-state index < -0.39 is 0 Å². The molecule has 28 heavy (non-hydrogen) atoms. The second-order valence-electron chi connectivity index (χ2n) is 6.69. The molecule has 0 radical (unpaired) electrons. The third-order valence-corrected chi connectivity index (χ3v) is 5.48. The molecule has 1 N–H and O–H groups in total. The van der Waals surface area contributed by atoms with Crippen molar-refractivity contribution in [1.82, 2.24) is 15.0 Å². The zero-order chi connectivity index (χ0) is 19.5. The fourth-order valence-corrected chi connectivity index (χ4v) is 3.61. The quantitative estimate of drug-likeness (QED) is 0.554. The molecule has 4 rings (SSSR count).